The topological polar surface area (TPSA) is 148 Å². The van der Waals surface area contributed by atoms with Crippen LogP contribution in [0.1, 0.15) is 29.9 Å². The molecule has 3 fully saturated rings. The predicted octanol–water partition coefficient (Wildman–Crippen LogP) is 1.87. The quantitative estimate of drug-likeness (QED) is 0.454. The molecule has 6 atom stereocenters. The Labute approximate surface area is 205 Å². The number of fused-ring (bicyclic) bond motifs is 4. The van der Waals surface area contributed by atoms with Gasteiger partial charge in [0.1, 0.15) is 5.75 Å². The first kappa shape index (κ1) is 23.7. The maximum Gasteiger partial charge on any atom is 0.423 e. The third-order valence-electron chi connectivity index (χ3n) is 7.97. The van der Waals surface area contributed by atoms with Crippen molar-refractivity contribution in [1.82, 2.24) is 9.80 Å². The minimum absolute atomic E-state index is 0.0207. The summed E-state index contributed by atoms with van der Waals surface area (Å²) in [5, 5.41) is 10.9. The summed E-state index contributed by atoms with van der Waals surface area (Å²) in [5.74, 6) is -8.21. The number of nitrogens with zero attached hydrogens (tertiary/aromatic N) is 2. The van der Waals surface area contributed by atoms with E-state index in [4.69, 9.17) is 0 Å². The molecule has 2 saturated heterocycles. The second kappa shape index (κ2) is 8.28. The van der Waals surface area contributed by atoms with Crippen molar-refractivity contribution in [2.45, 2.75) is 25.7 Å². The number of para-hydroxylation sites is 1. The first-order valence-corrected chi connectivity index (χ1v) is 11.5. The third kappa shape index (κ3) is 3.04. The number of aryl methyl sites for hydroxylation is 1. The van der Waals surface area contributed by atoms with Crippen molar-refractivity contribution in [2.75, 3.05) is 14.2 Å². The lowest BCUT2D eigenvalue weighted by Gasteiger charge is -2.44. The van der Waals surface area contributed by atoms with Crippen LogP contribution < -0.4 is 0 Å². The summed E-state index contributed by atoms with van der Waals surface area (Å²) < 4.78 is 9.29. The zero-order valence-electron chi connectivity index (χ0n) is 19.8. The number of imide groups is 6. The number of methoxy groups -OCH3 is 2. The van der Waals surface area contributed by atoms with E-state index in [1.807, 2.05) is 0 Å². The van der Waals surface area contributed by atoms with Crippen molar-refractivity contribution >= 4 is 35.8 Å². The molecule has 1 aromatic carbocycles. The highest BCUT2D eigenvalue weighted by molar-refractivity contribution is 6.17. The van der Waals surface area contributed by atoms with Crippen LogP contribution in [0.15, 0.2) is 29.8 Å². The fraction of sp³-hybridized carbons (Fsp3) is 0.440. The van der Waals surface area contributed by atoms with Crippen molar-refractivity contribution < 1.29 is 43.3 Å². The highest BCUT2D eigenvalue weighted by atomic mass is 16.5. The Morgan fingerprint density at radius 1 is 0.861 bits per heavy atom. The second-order valence-electron chi connectivity index (χ2n) is 9.50. The zero-order chi connectivity index (χ0) is 26.0. The second-order valence-corrected chi connectivity index (χ2v) is 9.50. The number of hydrogen-bond acceptors (Lipinski definition) is 9. The SMILES string of the molecule is COC(=O)N1C(=O)[C@H]2[C@H](CC=C3[C@H]2C[C@H]2C(=O)N(C(=O)OC)C(=O)[C@H]2[C@H]3c2cccc(C)c2O)C1=O. The standard InChI is InChI=1S/C25H24N2O9/c1-10-5-4-6-12(19(10)28)16-11-7-8-13-17(22(31)26(20(13)29)24(33)35-2)14(11)9-15-18(16)23(32)27(21(15)30)25(34)36-3/h4-7,13-18,28H,8-9H2,1-3H3/t13-,14+,15+,16+,17-,18+/m0/s1. The van der Waals surface area contributed by atoms with Gasteiger partial charge >= 0.3 is 12.2 Å². The summed E-state index contributed by atoms with van der Waals surface area (Å²) in [6.07, 6.45) is -0.263. The summed E-state index contributed by atoms with van der Waals surface area (Å²) in [6, 6.07) is 5.04. The molecule has 11 nitrogen and oxygen atoms in total. The molecule has 2 aliphatic carbocycles. The maximum atomic E-state index is 13.4. The van der Waals surface area contributed by atoms with Crippen LogP contribution in [0.2, 0.25) is 0 Å². The number of rotatable bonds is 1. The van der Waals surface area contributed by atoms with Crippen LogP contribution >= 0.6 is 0 Å². The van der Waals surface area contributed by atoms with Crippen molar-refractivity contribution in [2.24, 2.45) is 29.6 Å². The smallest absolute Gasteiger partial charge is 0.423 e. The number of carbonyl (C=O) groups is 6. The number of aromatic hydroxyl groups is 1. The Kier molecular flexibility index (Phi) is 5.46. The number of allylic oxidation sites excluding steroid dienone is 2. The molecule has 1 N–H and O–H groups in total. The van der Waals surface area contributed by atoms with Gasteiger partial charge in [-0.25, -0.2) is 9.59 Å². The molecule has 6 amide bonds. The van der Waals surface area contributed by atoms with E-state index in [1.54, 1.807) is 31.2 Å². The van der Waals surface area contributed by atoms with Crippen molar-refractivity contribution in [1.29, 1.82) is 0 Å². The van der Waals surface area contributed by atoms with E-state index >= 15 is 0 Å². The lowest BCUT2D eigenvalue weighted by atomic mass is 9.57. The molecule has 188 valence electrons. The Hall–Kier alpha value is -4.02. The van der Waals surface area contributed by atoms with Gasteiger partial charge in [-0.15, -0.1) is 0 Å². The summed E-state index contributed by atoms with van der Waals surface area (Å²) in [4.78, 5) is 78.5. The van der Waals surface area contributed by atoms with Crippen LogP contribution in [0.25, 0.3) is 0 Å². The van der Waals surface area contributed by atoms with E-state index in [9.17, 15) is 33.9 Å². The molecule has 4 aliphatic rings. The van der Waals surface area contributed by atoms with Gasteiger partial charge in [0.25, 0.3) is 0 Å². The fourth-order valence-corrected chi connectivity index (χ4v) is 6.41. The van der Waals surface area contributed by atoms with Gasteiger partial charge < -0.3 is 14.6 Å². The van der Waals surface area contributed by atoms with Crippen molar-refractivity contribution in [3.8, 4) is 5.75 Å². The lowest BCUT2D eigenvalue weighted by molar-refractivity contribution is -0.139. The number of phenolic OH excluding ortho intramolecular Hbond substituents is 1. The van der Waals surface area contributed by atoms with Crippen LogP contribution in [0.4, 0.5) is 9.59 Å². The molecule has 0 radical (unpaired) electrons. The highest BCUT2D eigenvalue weighted by Gasteiger charge is 2.64. The molecular weight excluding hydrogens is 472 g/mol. The highest BCUT2D eigenvalue weighted by Crippen LogP contribution is 2.59. The molecule has 2 aliphatic heterocycles. The summed E-state index contributed by atoms with van der Waals surface area (Å²) in [7, 11) is 2.13. The largest absolute Gasteiger partial charge is 0.507 e. The van der Waals surface area contributed by atoms with Gasteiger partial charge in [0.05, 0.1) is 37.9 Å². The number of benzene rings is 1. The van der Waals surface area contributed by atoms with Gasteiger partial charge in [0.2, 0.25) is 23.6 Å². The van der Waals surface area contributed by atoms with Crippen LogP contribution in [-0.2, 0) is 28.7 Å². The minimum Gasteiger partial charge on any atom is -0.507 e. The fourth-order valence-electron chi connectivity index (χ4n) is 6.41. The molecule has 5 rings (SSSR count). The predicted molar refractivity (Wildman–Crippen MR) is 119 cm³/mol. The Bertz CT molecular complexity index is 1270. The molecule has 2 heterocycles. The molecule has 0 aromatic heterocycles. The van der Waals surface area contributed by atoms with Gasteiger partial charge in [0, 0.05) is 11.5 Å². The summed E-state index contributed by atoms with van der Waals surface area (Å²) >= 11 is 0. The zero-order valence-corrected chi connectivity index (χ0v) is 19.8. The molecule has 0 bridgehead atoms. The number of hydrogen-bond donors (Lipinski definition) is 1. The van der Waals surface area contributed by atoms with Crippen LogP contribution in [0.5, 0.6) is 5.75 Å². The van der Waals surface area contributed by atoms with E-state index in [2.05, 4.69) is 9.47 Å². The third-order valence-corrected chi connectivity index (χ3v) is 7.97. The van der Waals surface area contributed by atoms with Crippen molar-refractivity contribution in [3.63, 3.8) is 0 Å². The number of amides is 6. The number of phenols is 1. The van der Waals surface area contributed by atoms with Crippen molar-refractivity contribution in [3.05, 3.63) is 41.0 Å². The van der Waals surface area contributed by atoms with E-state index in [0.29, 0.717) is 26.5 Å². The number of ether oxygens (including phenoxy) is 2. The molecule has 1 saturated carbocycles. The summed E-state index contributed by atoms with van der Waals surface area (Å²) in [5.41, 5.74) is 1.55. The summed E-state index contributed by atoms with van der Waals surface area (Å²) in [6.45, 7) is 1.69. The van der Waals surface area contributed by atoms with E-state index in [1.165, 1.54) is 0 Å². The van der Waals surface area contributed by atoms with Gasteiger partial charge in [-0.1, -0.05) is 29.8 Å². The van der Waals surface area contributed by atoms with Gasteiger partial charge in [0.15, 0.2) is 0 Å². The Morgan fingerprint density at radius 2 is 1.44 bits per heavy atom. The molecule has 36 heavy (non-hydrogen) atoms. The average Bonchev–Trinajstić information content (AvgIpc) is 3.27. The number of likely N-dealkylation sites (tertiary alicyclic amines) is 2. The van der Waals surface area contributed by atoms with Crippen LogP contribution in [-0.4, -0.2) is 64.9 Å². The normalized spacial score (nSPS) is 31.0. The Balaban J connectivity index is 1.66. The minimum atomic E-state index is -1.11. The van der Waals surface area contributed by atoms with E-state index < -0.39 is 71.3 Å². The molecule has 11 heteroatoms. The lowest BCUT2D eigenvalue weighted by Crippen LogP contribution is -2.43. The maximum absolute atomic E-state index is 13.4. The van der Waals surface area contributed by atoms with Gasteiger partial charge in [-0.2, -0.15) is 9.80 Å². The Morgan fingerprint density at radius 3 is 2.06 bits per heavy atom. The average molecular weight is 496 g/mol. The number of carbonyl (C=O) groups excluding carboxylic acids is 6. The first-order valence-electron chi connectivity index (χ1n) is 11.5. The molecule has 0 unspecified atom stereocenters. The van der Waals surface area contributed by atoms with E-state index in [-0.39, 0.29) is 18.6 Å². The monoisotopic (exact) mass is 496 g/mol. The molecular formula is C25H24N2O9. The van der Waals surface area contributed by atoms with Gasteiger partial charge in [-0.05, 0) is 31.2 Å². The molecule has 1 aromatic rings. The first-order chi connectivity index (χ1) is 17.1. The van der Waals surface area contributed by atoms with Gasteiger partial charge in [-0.3, -0.25) is 19.2 Å². The molecule has 0 spiro atoms. The van der Waals surface area contributed by atoms with E-state index in [0.717, 1.165) is 14.2 Å². The van der Waals surface area contributed by atoms with Crippen LogP contribution in [0, 0.1) is 36.5 Å². The van der Waals surface area contributed by atoms with Crippen LogP contribution in [0.3, 0.4) is 0 Å².